The van der Waals surface area contributed by atoms with Crippen LogP contribution in [0.5, 0.6) is 0 Å². The summed E-state index contributed by atoms with van der Waals surface area (Å²) in [5, 5.41) is 18.0. The van der Waals surface area contributed by atoms with Gasteiger partial charge >= 0.3 is 12.1 Å². The maximum Gasteiger partial charge on any atom is 0.408 e. The lowest BCUT2D eigenvalue weighted by Crippen LogP contribution is -2.39. The average Bonchev–Trinajstić information content (AvgIpc) is 3.04. The van der Waals surface area contributed by atoms with Crippen LogP contribution in [-0.4, -0.2) is 77.0 Å². The molecule has 1 amide bonds. The Hall–Kier alpha value is -1.34. The van der Waals surface area contributed by atoms with Crippen LogP contribution in [0.25, 0.3) is 0 Å². The van der Waals surface area contributed by atoms with Gasteiger partial charge < -0.3 is 19.8 Å². The molecule has 2 heterocycles. The number of ether oxygens (including phenoxy) is 1. The molecule has 2 saturated heterocycles. The van der Waals surface area contributed by atoms with Crippen molar-refractivity contribution in [3.63, 3.8) is 0 Å². The molecule has 0 bridgehead atoms. The Kier molecular flexibility index (Phi) is 5.19. The van der Waals surface area contributed by atoms with Crippen molar-refractivity contribution in [1.29, 1.82) is 0 Å². The number of hydrogen-bond acceptors (Lipinski definition) is 4. The average molecular weight is 286 g/mol. The Labute approximate surface area is 118 Å². The maximum absolute atomic E-state index is 11.0. The topological polar surface area (TPSA) is 90.3 Å². The van der Waals surface area contributed by atoms with Gasteiger partial charge in [0.15, 0.2) is 0 Å². The Morgan fingerprint density at radius 3 is 2.45 bits per heavy atom. The molecule has 0 saturated carbocycles. The molecule has 2 N–H and O–H groups in total. The van der Waals surface area contributed by atoms with E-state index in [9.17, 15) is 9.59 Å². The molecule has 2 unspecified atom stereocenters. The summed E-state index contributed by atoms with van der Waals surface area (Å²) in [5.74, 6) is -1.10. The van der Waals surface area contributed by atoms with Crippen molar-refractivity contribution < 1.29 is 24.5 Å². The number of rotatable bonds is 6. The van der Waals surface area contributed by atoms with Crippen molar-refractivity contribution in [2.75, 3.05) is 32.8 Å². The van der Waals surface area contributed by atoms with Gasteiger partial charge in [0.05, 0.1) is 12.6 Å². The van der Waals surface area contributed by atoms with E-state index in [4.69, 9.17) is 14.9 Å². The number of carbonyl (C=O) groups is 2. The molecule has 20 heavy (non-hydrogen) atoms. The smallest absolute Gasteiger partial charge is 0.408 e. The number of amides is 1. The molecule has 2 rings (SSSR count). The highest BCUT2D eigenvalue weighted by atomic mass is 16.5. The molecule has 0 spiro atoms. The fraction of sp³-hybridized carbons (Fsp3) is 0.846. The first-order valence-corrected chi connectivity index (χ1v) is 7.14. The Morgan fingerprint density at radius 2 is 1.90 bits per heavy atom. The van der Waals surface area contributed by atoms with Crippen LogP contribution in [0, 0.1) is 0 Å². The van der Waals surface area contributed by atoms with Crippen molar-refractivity contribution >= 4 is 12.1 Å². The fourth-order valence-corrected chi connectivity index (χ4v) is 2.91. The number of carboxylic acid groups (broad SMARTS) is 2. The van der Waals surface area contributed by atoms with E-state index in [1.165, 1.54) is 12.8 Å². The lowest BCUT2D eigenvalue weighted by Gasteiger charge is -2.17. The number of hydrogen-bond donors (Lipinski definition) is 2. The van der Waals surface area contributed by atoms with E-state index in [2.05, 4.69) is 4.90 Å². The highest BCUT2D eigenvalue weighted by Gasteiger charge is 2.40. The lowest BCUT2D eigenvalue weighted by molar-refractivity contribution is -0.141. The first kappa shape index (κ1) is 15.1. The molecule has 7 heteroatoms. The van der Waals surface area contributed by atoms with Gasteiger partial charge in [0.2, 0.25) is 0 Å². The predicted octanol–water partition coefficient (Wildman–Crippen LogP) is 0.694. The molecule has 0 aromatic rings. The molecular formula is C13H22N2O5. The summed E-state index contributed by atoms with van der Waals surface area (Å²) < 4.78 is 5.63. The molecule has 0 aromatic heterocycles. The van der Waals surface area contributed by atoms with Gasteiger partial charge in [0.1, 0.15) is 6.04 Å². The Balaban J connectivity index is 1.68. The number of nitrogens with zero attached hydrogens (tertiary/aromatic N) is 2. The summed E-state index contributed by atoms with van der Waals surface area (Å²) in [6.45, 7) is 4.00. The summed E-state index contributed by atoms with van der Waals surface area (Å²) in [5.41, 5.74) is 0. The first-order chi connectivity index (χ1) is 9.58. The molecule has 2 aliphatic rings. The molecular weight excluding hydrogens is 264 g/mol. The first-order valence-electron chi connectivity index (χ1n) is 7.14. The van der Waals surface area contributed by atoms with E-state index in [-0.39, 0.29) is 19.1 Å². The van der Waals surface area contributed by atoms with E-state index in [1.54, 1.807) is 0 Å². The van der Waals surface area contributed by atoms with Crippen LogP contribution in [0.2, 0.25) is 0 Å². The molecule has 2 fully saturated rings. The SMILES string of the molecule is O=C(O)C1CC(OCCCN2CCCC2)CN1C(=O)O. The number of aliphatic carboxylic acids is 1. The zero-order valence-corrected chi connectivity index (χ0v) is 11.5. The van der Waals surface area contributed by atoms with Crippen LogP contribution >= 0.6 is 0 Å². The third kappa shape index (κ3) is 3.83. The number of carboxylic acids is 1. The second kappa shape index (κ2) is 6.90. The van der Waals surface area contributed by atoms with Crippen LogP contribution in [0.15, 0.2) is 0 Å². The zero-order chi connectivity index (χ0) is 14.5. The minimum atomic E-state index is -1.19. The van der Waals surface area contributed by atoms with Gasteiger partial charge in [-0.05, 0) is 32.4 Å². The summed E-state index contributed by atoms with van der Waals surface area (Å²) in [6, 6.07) is -0.976. The monoisotopic (exact) mass is 286 g/mol. The summed E-state index contributed by atoms with van der Waals surface area (Å²) in [4.78, 5) is 25.3. The van der Waals surface area contributed by atoms with E-state index < -0.39 is 18.1 Å². The van der Waals surface area contributed by atoms with E-state index in [1.807, 2.05) is 0 Å². The Morgan fingerprint density at radius 1 is 1.20 bits per heavy atom. The van der Waals surface area contributed by atoms with E-state index in [0.29, 0.717) is 6.61 Å². The van der Waals surface area contributed by atoms with Crippen molar-refractivity contribution in [3.05, 3.63) is 0 Å². The third-order valence-corrected chi connectivity index (χ3v) is 3.96. The maximum atomic E-state index is 11.0. The van der Waals surface area contributed by atoms with E-state index >= 15 is 0 Å². The van der Waals surface area contributed by atoms with E-state index in [0.717, 1.165) is 31.0 Å². The molecule has 0 aliphatic carbocycles. The lowest BCUT2D eigenvalue weighted by atomic mass is 10.2. The van der Waals surface area contributed by atoms with Gasteiger partial charge in [-0.25, -0.2) is 9.59 Å². The molecule has 0 radical (unpaired) electrons. The van der Waals surface area contributed by atoms with Crippen molar-refractivity contribution in [2.45, 2.75) is 37.8 Å². The minimum Gasteiger partial charge on any atom is -0.480 e. The van der Waals surface area contributed by atoms with Crippen LogP contribution in [0.1, 0.15) is 25.7 Å². The van der Waals surface area contributed by atoms with Crippen LogP contribution in [0.4, 0.5) is 4.79 Å². The standard InChI is InChI=1S/C13H22N2O5/c16-12(17)11-8-10(9-15(11)13(18)19)20-7-3-6-14-4-1-2-5-14/h10-11H,1-9H2,(H,16,17)(H,18,19). The zero-order valence-electron chi connectivity index (χ0n) is 11.5. The number of likely N-dealkylation sites (tertiary alicyclic amines) is 2. The van der Waals surface area contributed by atoms with Gasteiger partial charge in [0.25, 0.3) is 0 Å². The highest BCUT2D eigenvalue weighted by molar-refractivity contribution is 5.80. The summed E-state index contributed by atoms with van der Waals surface area (Å²) in [7, 11) is 0. The summed E-state index contributed by atoms with van der Waals surface area (Å²) >= 11 is 0. The third-order valence-electron chi connectivity index (χ3n) is 3.96. The largest absolute Gasteiger partial charge is 0.480 e. The molecule has 114 valence electrons. The predicted molar refractivity (Wildman–Crippen MR) is 70.8 cm³/mol. The van der Waals surface area contributed by atoms with Crippen molar-refractivity contribution in [3.8, 4) is 0 Å². The molecule has 0 aromatic carbocycles. The highest BCUT2D eigenvalue weighted by Crippen LogP contribution is 2.21. The van der Waals surface area contributed by atoms with Crippen LogP contribution in [-0.2, 0) is 9.53 Å². The van der Waals surface area contributed by atoms with Crippen LogP contribution in [0.3, 0.4) is 0 Å². The van der Waals surface area contributed by atoms with Crippen LogP contribution < -0.4 is 0 Å². The quantitative estimate of drug-likeness (QED) is 0.698. The van der Waals surface area contributed by atoms with Crippen molar-refractivity contribution in [1.82, 2.24) is 9.80 Å². The van der Waals surface area contributed by atoms with Gasteiger partial charge in [-0.2, -0.15) is 0 Å². The van der Waals surface area contributed by atoms with Gasteiger partial charge in [-0.1, -0.05) is 0 Å². The molecule has 2 atom stereocenters. The second-order valence-corrected chi connectivity index (χ2v) is 5.42. The fourth-order valence-electron chi connectivity index (χ4n) is 2.91. The van der Waals surface area contributed by atoms with Crippen molar-refractivity contribution in [2.24, 2.45) is 0 Å². The van der Waals surface area contributed by atoms with Gasteiger partial charge in [0, 0.05) is 19.6 Å². The van der Waals surface area contributed by atoms with Gasteiger partial charge in [-0.15, -0.1) is 0 Å². The minimum absolute atomic E-state index is 0.149. The van der Waals surface area contributed by atoms with Gasteiger partial charge in [-0.3, -0.25) is 4.90 Å². The molecule has 2 aliphatic heterocycles. The second-order valence-electron chi connectivity index (χ2n) is 5.42. The Bertz CT molecular complexity index is 335. The summed E-state index contributed by atoms with van der Waals surface area (Å²) in [6.07, 6.45) is 2.17. The normalized spacial score (nSPS) is 27.1. The molecule has 7 nitrogen and oxygen atoms in total.